The second-order valence-corrected chi connectivity index (χ2v) is 32.0. The molecule has 0 fully saturated rings. The SMILES string of the molecule is CCCCCCCCCCCCCCCCCCCCC(=O)OC[C@H](COP(=O)(O)OC[C@@H](O)COP(=O)(O)OC[C@@H](COC(=O)CCCCCCC)OC(=O)CCCCCCCCCCCCCCCCCCCC)OC(=O)CCCCCCCCCCCCCCCCC(C)CC. The second-order valence-electron chi connectivity index (χ2n) is 29.1. The van der Waals surface area contributed by atoms with Gasteiger partial charge in [-0.15, -0.1) is 0 Å². The normalized spacial score (nSPS) is 14.1. The molecule has 0 aromatic carbocycles. The molecule has 6 atom stereocenters. The summed E-state index contributed by atoms with van der Waals surface area (Å²) in [5.41, 5.74) is 0. The highest BCUT2D eigenvalue weighted by atomic mass is 31.2. The van der Waals surface area contributed by atoms with Gasteiger partial charge in [0.05, 0.1) is 26.4 Å². The first-order chi connectivity index (χ1) is 48.1. The molecule has 0 aromatic heterocycles. The van der Waals surface area contributed by atoms with E-state index in [1.54, 1.807) is 0 Å². The quantitative estimate of drug-likeness (QED) is 0.0222. The molecule has 3 N–H and O–H groups in total. The van der Waals surface area contributed by atoms with Crippen molar-refractivity contribution in [2.45, 2.75) is 445 Å². The molecule has 0 amide bonds. The maximum absolute atomic E-state index is 13.1. The third kappa shape index (κ3) is 72.8. The minimum absolute atomic E-state index is 0.108. The van der Waals surface area contributed by atoms with Crippen LogP contribution in [0, 0.1) is 5.92 Å². The number of carbonyl (C=O) groups excluding carboxylic acids is 4. The van der Waals surface area contributed by atoms with Crippen molar-refractivity contribution in [2.75, 3.05) is 39.6 Å². The zero-order valence-electron chi connectivity index (χ0n) is 64.6. The van der Waals surface area contributed by atoms with Crippen molar-refractivity contribution in [3.63, 3.8) is 0 Å². The lowest BCUT2D eigenvalue weighted by molar-refractivity contribution is -0.161. The van der Waals surface area contributed by atoms with E-state index in [1.165, 1.54) is 244 Å². The van der Waals surface area contributed by atoms with E-state index in [9.17, 15) is 43.2 Å². The number of rotatable bonds is 80. The van der Waals surface area contributed by atoms with Gasteiger partial charge in [0.2, 0.25) is 0 Å². The maximum atomic E-state index is 13.1. The Kier molecular flexibility index (Phi) is 71.6. The van der Waals surface area contributed by atoms with Crippen molar-refractivity contribution in [2.24, 2.45) is 5.92 Å². The molecule has 0 aromatic rings. The lowest BCUT2D eigenvalue weighted by Crippen LogP contribution is -2.30. The Bertz CT molecular complexity index is 1890. The number of aliphatic hydroxyl groups is 1. The fraction of sp³-hybridized carbons (Fsp3) is 0.950. The lowest BCUT2D eigenvalue weighted by atomic mass is 9.99. The average Bonchev–Trinajstić information content (AvgIpc) is 1.24. The first kappa shape index (κ1) is 97.1. The number of phosphoric ester groups is 2. The molecule has 0 aliphatic rings. The first-order valence-electron chi connectivity index (χ1n) is 41.7. The Morgan fingerprint density at radius 2 is 0.485 bits per heavy atom. The van der Waals surface area contributed by atoms with Gasteiger partial charge in [0.25, 0.3) is 0 Å². The standard InChI is InChI=1S/C80H156O17P2/c1-6-10-13-16-18-20-22-24-26-28-30-32-37-41-45-49-54-59-64-78(83)91-70-76(97-80(85)66-61-56-51-47-43-39-35-34-36-40-44-48-53-57-62-73(5)9-4)72-95-99(88,89)93-68-74(81)67-92-98(86,87)94-71-75(69-90-77(82)63-58-52-15-12-8-3)96-79(84)65-60-55-50-46-42-38-33-31-29-27-25-23-21-19-17-14-11-7-2/h73-76,81H,6-72H2,1-5H3,(H,86,87)(H,88,89)/t73?,74-,75+,76+/m0/s1. The molecule has 19 heteroatoms. The van der Waals surface area contributed by atoms with Crippen LogP contribution in [0.25, 0.3) is 0 Å². The summed E-state index contributed by atoms with van der Waals surface area (Å²) >= 11 is 0. The van der Waals surface area contributed by atoms with Gasteiger partial charge in [-0.1, -0.05) is 375 Å². The molecule has 0 heterocycles. The fourth-order valence-electron chi connectivity index (χ4n) is 12.4. The Morgan fingerprint density at radius 3 is 0.717 bits per heavy atom. The smallest absolute Gasteiger partial charge is 0.462 e. The van der Waals surface area contributed by atoms with Crippen LogP contribution in [0.5, 0.6) is 0 Å². The number of aliphatic hydroxyl groups excluding tert-OH is 1. The van der Waals surface area contributed by atoms with Crippen LogP contribution < -0.4 is 0 Å². The number of phosphoric acid groups is 2. The van der Waals surface area contributed by atoms with Crippen molar-refractivity contribution < 1.29 is 80.2 Å². The number of unbranched alkanes of at least 4 members (excludes halogenated alkanes) is 51. The van der Waals surface area contributed by atoms with Crippen LogP contribution in [-0.2, 0) is 65.4 Å². The third-order valence-corrected chi connectivity index (χ3v) is 21.0. The molecule has 0 radical (unpaired) electrons. The summed E-state index contributed by atoms with van der Waals surface area (Å²) in [6.07, 6.45) is 64.2. The highest BCUT2D eigenvalue weighted by Gasteiger charge is 2.30. The molecule has 0 saturated heterocycles. The van der Waals surface area contributed by atoms with Gasteiger partial charge in [-0.3, -0.25) is 37.3 Å². The van der Waals surface area contributed by atoms with Crippen molar-refractivity contribution in [1.82, 2.24) is 0 Å². The molecular weight excluding hydrogens is 1290 g/mol. The van der Waals surface area contributed by atoms with Gasteiger partial charge >= 0.3 is 39.5 Å². The number of carbonyl (C=O) groups is 4. The minimum atomic E-state index is -4.96. The van der Waals surface area contributed by atoms with Crippen LogP contribution in [0.15, 0.2) is 0 Å². The topological polar surface area (TPSA) is 237 Å². The largest absolute Gasteiger partial charge is 0.472 e. The summed E-state index contributed by atoms with van der Waals surface area (Å²) < 4.78 is 68.5. The number of hydrogen-bond acceptors (Lipinski definition) is 15. The van der Waals surface area contributed by atoms with E-state index in [0.717, 1.165) is 102 Å². The summed E-state index contributed by atoms with van der Waals surface area (Å²) in [5.74, 6) is -1.27. The highest BCUT2D eigenvalue weighted by molar-refractivity contribution is 7.47. The predicted octanol–water partition coefficient (Wildman–Crippen LogP) is 24.0. The molecule has 0 spiro atoms. The zero-order chi connectivity index (χ0) is 72.7. The molecule has 0 aliphatic carbocycles. The first-order valence-corrected chi connectivity index (χ1v) is 44.7. The van der Waals surface area contributed by atoms with Gasteiger partial charge in [0.1, 0.15) is 19.3 Å². The van der Waals surface area contributed by atoms with E-state index in [-0.39, 0.29) is 25.7 Å². The lowest BCUT2D eigenvalue weighted by Gasteiger charge is -2.21. The molecule has 0 rings (SSSR count). The van der Waals surface area contributed by atoms with Crippen LogP contribution in [0.2, 0.25) is 0 Å². The molecule has 0 saturated carbocycles. The Balaban J connectivity index is 5.12. The van der Waals surface area contributed by atoms with Crippen LogP contribution in [-0.4, -0.2) is 96.7 Å². The van der Waals surface area contributed by atoms with E-state index < -0.39 is 97.5 Å². The van der Waals surface area contributed by atoms with Crippen molar-refractivity contribution in [1.29, 1.82) is 0 Å². The predicted molar refractivity (Wildman–Crippen MR) is 405 cm³/mol. The van der Waals surface area contributed by atoms with E-state index in [0.29, 0.717) is 25.7 Å². The van der Waals surface area contributed by atoms with Crippen LogP contribution >= 0.6 is 15.6 Å². The van der Waals surface area contributed by atoms with Crippen LogP contribution in [0.1, 0.15) is 426 Å². The van der Waals surface area contributed by atoms with Gasteiger partial charge in [-0.2, -0.15) is 0 Å². The second kappa shape index (κ2) is 73.0. The number of ether oxygens (including phenoxy) is 4. The summed E-state index contributed by atoms with van der Waals surface area (Å²) in [4.78, 5) is 72.7. The number of esters is 4. The summed E-state index contributed by atoms with van der Waals surface area (Å²) in [7, 11) is -9.91. The molecule has 99 heavy (non-hydrogen) atoms. The van der Waals surface area contributed by atoms with E-state index in [2.05, 4.69) is 34.6 Å². The number of hydrogen-bond donors (Lipinski definition) is 3. The summed E-state index contributed by atoms with van der Waals surface area (Å²) in [6.45, 7) is 7.29. The Labute approximate surface area is 607 Å². The zero-order valence-corrected chi connectivity index (χ0v) is 66.4. The Hall–Kier alpha value is -1.94. The third-order valence-electron chi connectivity index (χ3n) is 19.1. The van der Waals surface area contributed by atoms with Crippen molar-refractivity contribution in [3.8, 4) is 0 Å². The molecule has 588 valence electrons. The van der Waals surface area contributed by atoms with E-state index in [1.807, 2.05) is 0 Å². The van der Waals surface area contributed by atoms with Gasteiger partial charge in [-0.05, 0) is 31.6 Å². The minimum Gasteiger partial charge on any atom is -0.462 e. The van der Waals surface area contributed by atoms with Crippen LogP contribution in [0.3, 0.4) is 0 Å². The highest BCUT2D eigenvalue weighted by Crippen LogP contribution is 2.45. The van der Waals surface area contributed by atoms with Crippen molar-refractivity contribution in [3.05, 3.63) is 0 Å². The molecule has 3 unspecified atom stereocenters. The summed E-state index contributed by atoms with van der Waals surface area (Å²) in [5, 5.41) is 10.6. The molecular formula is C80H156O17P2. The molecule has 17 nitrogen and oxygen atoms in total. The fourth-order valence-corrected chi connectivity index (χ4v) is 14.0. The maximum Gasteiger partial charge on any atom is 0.472 e. The van der Waals surface area contributed by atoms with Crippen LogP contribution in [0.4, 0.5) is 0 Å². The Morgan fingerprint density at radius 1 is 0.283 bits per heavy atom. The van der Waals surface area contributed by atoms with E-state index >= 15 is 0 Å². The van der Waals surface area contributed by atoms with Gasteiger partial charge in [0, 0.05) is 25.7 Å². The van der Waals surface area contributed by atoms with Gasteiger partial charge in [0.15, 0.2) is 12.2 Å². The monoisotopic (exact) mass is 1450 g/mol. The summed E-state index contributed by atoms with van der Waals surface area (Å²) in [6, 6.07) is 0. The van der Waals surface area contributed by atoms with Gasteiger partial charge in [-0.25, -0.2) is 9.13 Å². The molecule has 0 aliphatic heterocycles. The average molecular weight is 1450 g/mol. The van der Waals surface area contributed by atoms with Crippen molar-refractivity contribution >= 4 is 39.5 Å². The van der Waals surface area contributed by atoms with Gasteiger partial charge < -0.3 is 33.8 Å². The molecule has 0 bridgehead atoms. The van der Waals surface area contributed by atoms with E-state index in [4.69, 9.17) is 37.0 Å².